The van der Waals surface area contributed by atoms with Gasteiger partial charge in [0, 0.05) is 12.6 Å². The summed E-state index contributed by atoms with van der Waals surface area (Å²) in [6.07, 6.45) is -3.06. The molecular formula is C13H14F3NO2. The first-order valence-corrected chi connectivity index (χ1v) is 6.04. The Hall–Kier alpha value is -1.72. The minimum Gasteiger partial charge on any atom is -0.405 e. The first-order valence-electron chi connectivity index (χ1n) is 6.04. The Morgan fingerprint density at radius 1 is 1.37 bits per heavy atom. The molecule has 0 aliphatic carbocycles. The molecular weight excluding hydrogens is 259 g/mol. The highest BCUT2D eigenvalue weighted by molar-refractivity contribution is 5.97. The number of alkyl halides is 3. The first kappa shape index (κ1) is 13.7. The summed E-state index contributed by atoms with van der Waals surface area (Å²) in [6, 6.07) is 5.49. The molecule has 2 rings (SSSR count). The van der Waals surface area contributed by atoms with Crippen LogP contribution in [0.1, 0.15) is 30.1 Å². The number of rotatable bonds is 2. The lowest BCUT2D eigenvalue weighted by Crippen LogP contribution is -2.34. The zero-order valence-electron chi connectivity index (χ0n) is 10.4. The van der Waals surface area contributed by atoms with Gasteiger partial charge in [-0.2, -0.15) is 0 Å². The zero-order valence-corrected chi connectivity index (χ0v) is 10.4. The molecule has 1 fully saturated rings. The van der Waals surface area contributed by atoms with Crippen molar-refractivity contribution < 1.29 is 22.7 Å². The van der Waals surface area contributed by atoms with Crippen LogP contribution in [0, 0.1) is 0 Å². The number of likely N-dealkylation sites (tertiary alicyclic amines) is 1. The molecule has 0 spiro atoms. The van der Waals surface area contributed by atoms with Crippen LogP contribution in [-0.2, 0) is 0 Å². The summed E-state index contributed by atoms with van der Waals surface area (Å²) in [5.41, 5.74) is -0.0476. The average Bonchev–Trinajstić information content (AvgIpc) is 2.73. The second kappa shape index (κ2) is 5.11. The molecule has 1 aromatic carbocycles. The van der Waals surface area contributed by atoms with Crippen LogP contribution in [-0.4, -0.2) is 29.8 Å². The van der Waals surface area contributed by atoms with Gasteiger partial charge in [-0.25, -0.2) is 0 Å². The van der Waals surface area contributed by atoms with Gasteiger partial charge in [0.2, 0.25) is 0 Å². The van der Waals surface area contributed by atoms with Crippen LogP contribution in [0.3, 0.4) is 0 Å². The Morgan fingerprint density at radius 2 is 2.05 bits per heavy atom. The van der Waals surface area contributed by atoms with Gasteiger partial charge in [-0.15, -0.1) is 13.2 Å². The minimum atomic E-state index is -4.80. The summed E-state index contributed by atoms with van der Waals surface area (Å²) in [4.78, 5) is 13.8. The van der Waals surface area contributed by atoms with Crippen LogP contribution in [0.5, 0.6) is 5.75 Å². The summed E-state index contributed by atoms with van der Waals surface area (Å²) in [7, 11) is 0. The Balaban J connectivity index is 2.26. The van der Waals surface area contributed by atoms with Crippen LogP contribution < -0.4 is 4.74 Å². The summed E-state index contributed by atoms with van der Waals surface area (Å²) >= 11 is 0. The Labute approximate surface area is 109 Å². The molecule has 0 saturated carbocycles. The van der Waals surface area contributed by atoms with Crippen molar-refractivity contribution >= 4 is 5.91 Å². The number of para-hydroxylation sites is 1. The smallest absolute Gasteiger partial charge is 0.405 e. The molecule has 104 valence electrons. The van der Waals surface area contributed by atoms with E-state index in [0.717, 1.165) is 18.9 Å². The summed E-state index contributed by atoms with van der Waals surface area (Å²) in [6.45, 7) is 2.46. The highest BCUT2D eigenvalue weighted by atomic mass is 19.4. The predicted molar refractivity (Wildman–Crippen MR) is 62.9 cm³/mol. The van der Waals surface area contributed by atoms with Crippen molar-refractivity contribution in [2.75, 3.05) is 6.54 Å². The zero-order chi connectivity index (χ0) is 14.0. The fourth-order valence-corrected chi connectivity index (χ4v) is 2.25. The Morgan fingerprint density at radius 3 is 2.63 bits per heavy atom. The van der Waals surface area contributed by atoms with E-state index in [1.807, 2.05) is 6.92 Å². The van der Waals surface area contributed by atoms with Crippen LogP contribution in [0.25, 0.3) is 0 Å². The molecule has 0 N–H and O–H groups in total. The van der Waals surface area contributed by atoms with E-state index in [2.05, 4.69) is 4.74 Å². The van der Waals surface area contributed by atoms with Gasteiger partial charge in [-0.3, -0.25) is 4.79 Å². The van der Waals surface area contributed by atoms with Gasteiger partial charge >= 0.3 is 6.36 Å². The number of hydrogen-bond acceptors (Lipinski definition) is 2. The van der Waals surface area contributed by atoms with E-state index < -0.39 is 18.0 Å². The maximum absolute atomic E-state index is 12.3. The SMILES string of the molecule is CC1CCCN1C(=O)c1ccccc1OC(F)(F)F. The summed E-state index contributed by atoms with van der Waals surface area (Å²) in [5, 5.41) is 0. The van der Waals surface area contributed by atoms with Crippen molar-refractivity contribution in [1.82, 2.24) is 4.90 Å². The van der Waals surface area contributed by atoms with E-state index in [9.17, 15) is 18.0 Å². The number of amides is 1. The number of halogens is 3. The summed E-state index contributed by atoms with van der Waals surface area (Å²) < 4.78 is 40.8. The third-order valence-corrected chi connectivity index (χ3v) is 3.16. The van der Waals surface area contributed by atoms with Gasteiger partial charge in [-0.1, -0.05) is 12.1 Å². The van der Waals surface area contributed by atoms with Gasteiger partial charge in [-0.05, 0) is 31.9 Å². The molecule has 1 aliphatic rings. The van der Waals surface area contributed by atoms with Gasteiger partial charge in [0.05, 0.1) is 5.56 Å². The fourth-order valence-electron chi connectivity index (χ4n) is 2.25. The largest absolute Gasteiger partial charge is 0.573 e. The Kier molecular flexibility index (Phi) is 3.68. The molecule has 1 aliphatic heterocycles. The quantitative estimate of drug-likeness (QED) is 0.828. The molecule has 1 heterocycles. The highest BCUT2D eigenvalue weighted by Gasteiger charge is 2.34. The molecule has 1 aromatic rings. The van der Waals surface area contributed by atoms with Crippen LogP contribution in [0.15, 0.2) is 24.3 Å². The second-order valence-electron chi connectivity index (χ2n) is 4.53. The monoisotopic (exact) mass is 273 g/mol. The van der Waals surface area contributed by atoms with Crippen molar-refractivity contribution in [1.29, 1.82) is 0 Å². The molecule has 0 aromatic heterocycles. The van der Waals surface area contributed by atoms with Crippen LogP contribution in [0.4, 0.5) is 13.2 Å². The number of ether oxygens (including phenoxy) is 1. The van der Waals surface area contributed by atoms with E-state index in [4.69, 9.17) is 0 Å². The maximum Gasteiger partial charge on any atom is 0.573 e. The summed E-state index contributed by atoms with van der Waals surface area (Å²) in [5.74, 6) is -0.857. The van der Waals surface area contributed by atoms with E-state index in [0.29, 0.717) is 6.54 Å². The average molecular weight is 273 g/mol. The van der Waals surface area contributed by atoms with Crippen molar-refractivity contribution in [2.45, 2.75) is 32.2 Å². The van der Waals surface area contributed by atoms with E-state index in [-0.39, 0.29) is 11.6 Å². The van der Waals surface area contributed by atoms with Gasteiger partial charge in [0.15, 0.2) is 0 Å². The number of carbonyl (C=O) groups excluding carboxylic acids is 1. The molecule has 6 heteroatoms. The molecule has 1 unspecified atom stereocenters. The van der Waals surface area contributed by atoms with Crippen molar-refractivity contribution in [3.05, 3.63) is 29.8 Å². The topological polar surface area (TPSA) is 29.5 Å². The van der Waals surface area contributed by atoms with Crippen LogP contribution >= 0.6 is 0 Å². The van der Waals surface area contributed by atoms with Crippen molar-refractivity contribution in [3.63, 3.8) is 0 Å². The minimum absolute atomic E-state index is 0.0476. The predicted octanol–water partition coefficient (Wildman–Crippen LogP) is 3.21. The fraction of sp³-hybridized carbons (Fsp3) is 0.462. The van der Waals surface area contributed by atoms with Gasteiger partial charge < -0.3 is 9.64 Å². The number of benzene rings is 1. The first-order chi connectivity index (χ1) is 8.88. The molecule has 3 nitrogen and oxygen atoms in total. The molecule has 0 bridgehead atoms. The lowest BCUT2D eigenvalue weighted by Gasteiger charge is -2.22. The molecule has 1 amide bonds. The maximum atomic E-state index is 12.3. The molecule has 1 atom stereocenters. The van der Waals surface area contributed by atoms with Crippen LogP contribution in [0.2, 0.25) is 0 Å². The van der Waals surface area contributed by atoms with E-state index in [1.54, 1.807) is 4.90 Å². The number of nitrogens with zero attached hydrogens (tertiary/aromatic N) is 1. The Bertz CT molecular complexity index is 473. The molecule has 19 heavy (non-hydrogen) atoms. The third-order valence-electron chi connectivity index (χ3n) is 3.16. The highest BCUT2D eigenvalue weighted by Crippen LogP contribution is 2.29. The standard InChI is InChI=1S/C13H14F3NO2/c1-9-5-4-8-17(9)12(18)10-6-2-3-7-11(10)19-13(14,15)16/h2-3,6-7,9H,4-5,8H2,1H3. The third kappa shape index (κ3) is 3.19. The molecule has 1 saturated heterocycles. The second-order valence-corrected chi connectivity index (χ2v) is 4.53. The van der Waals surface area contributed by atoms with Crippen molar-refractivity contribution in [2.24, 2.45) is 0 Å². The molecule has 0 radical (unpaired) electrons. The normalized spacial score (nSPS) is 19.6. The van der Waals surface area contributed by atoms with Gasteiger partial charge in [0.1, 0.15) is 5.75 Å². The van der Waals surface area contributed by atoms with Gasteiger partial charge in [0.25, 0.3) is 5.91 Å². The number of carbonyl (C=O) groups is 1. The van der Waals surface area contributed by atoms with E-state index >= 15 is 0 Å². The van der Waals surface area contributed by atoms with E-state index in [1.165, 1.54) is 18.2 Å². The van der Waals surface area contributed by atoms with Crippen molar-refractivity contribution in [3.8, 4) is 5.75 Å². The number of hydrogen-bond donors (Lipinski definition) is 0. The lowest BCUT2D eigenvalue weighted by molar-refractivity contribution is -0.274. The lowest BCUT2D eigenvalue weighted by atomic mass is 10.1.